The summed E-state index contributed by atoms with van der Waals surface area (Å²) in [6.07, 6.45) is -3.82. The molecule has 0 amide bonds. The van der Waals surface area contributed by atoms with Gasteiger partial charge in [0, 0.05) is 12.7 Å². The summed E-state index contributed by atoms with van der Waals surface area (Å²) in [5.74, 6) is -1.46. The molecule has 5 nitrogen and oxygen atoms in total. The van der Waals surface area contributed by atoms with Gasteiger partial charge in [-0.25, -0.2) is 9.78 Å². The van der Waals surface area contributed by atoms with Gasteiger partial charge < -0.3 is 15.2 Å². The molecule has 1 aromatic heterocycles. The van der Waals surface area contributed by atoms with Crippen molar-refractivity contribution in [1.82, 2.24) is 4.98 Å². The Hall–Kier alpha value is -1.10. The highest BCUT2D eigenvalue weighted by molar-refractivity contribution is 14.1. The van der Waals surface area contributed by atoms with Crippen LogP contribution in [0.3, 0.4) is 0 Å². The molecule has 0 aromatic carbocycles. The van der Waals surface area contributed by atoms with Crippen molar-refractivity contribution in [2.24, 2.45) is 5.73 Å². The predicted octanol–water partition coefficient (Wildman–Crippen LogP) is 2.22. The van der Waals surface area contributed by atoms with E-state index in [0.29, 0.717) is 0 Å². The van der Waals surface area contributed by atoms with Crippen molar-refractivity contribution >= 4 is 28.6 Å². The van der Waals surface area contributed by atoms with Gasteiger partial charge in [-0.05, 0) is 35.1 Å². The number of nitrogens with zero attached hydrogens (tertiary/aromatic N) is 1. The second-order valence-corrected chi connectivity index (χ2v) is 4.33. The summed E-state index contributed by atoms with van der Waals surface area (Å²) < 4.78 is 45.0. The number of hydrogen-bond acceptors (Lipinski definition) is 5. The van der Waals surface area contributed by atoms with Crippen molar-refractivity contribution in [3.8, 4) is 5.88 Å². The normalized spacial score (nSPS) is 11.3. The average molecular weight is 390 g/mol. The Morgan fingerprint density at radius 2 is 2.16 bits per heavy atom. The van der Waals surface area contributed by atoms with Gasteiger partial charge in [0.05, 0.1) is 15.7 Å². The molecule has 0 saturated heterocycles. The van der Waals surface area contributed by atoms with E-state index in [1.807, 2.05) is 0 Å². The van der Waals surface area contributed by atoms with Crippen LogP contribution in [-0.2, 0) is 11.3 Å². The van der Waals surface area contributed by atoms with Gasteiger partial charge >= 0.3 is 12.3 Å². The van der Waals surface area contributed by atoms with Crippen LogP contribution < -0.4 is 10.5 Å². The van der Waals surface area contributed by atoms with Gasteiger partial charge in [0.2, 0.25) is 5.88 Å². The minimum Gasteiger partial charge on any atom is -0.462 e. The second-order valence-electron chi connectivity index (χ2n) is 3.25. The van der Waals surface area contributed by atoms with Crippen LogP contribution in [0.4, 0.5) is 13.2 Å². The fourth-order valence-corrected chi connectivity index (χ4v) is 2.08. The van der Waals surface area contributed by atoms with E-state index < -0.39 is 18.2 Å². The number of pyridine rings is 1. The summed E-state index contributed by atoms with van der Waals surface area (Å²) in [6.45, 7) is 1.63. The number of nitrogens with two attached hydrogens (primary N) is 1. The maximum Gasteiger partial charge on any atom is 0.574 e. The van der Waals surface area contributed by atoms with E-state index >= 15 is 0 Å². The molecule has 1 aromatic rings. The first-order valence-electron chi connectivity index (χ1n) is 5.10. The molecule has 0 saturated carbocycles. The standard InChI is InChI=1S/C10H10F3IN2O3/c1-2-18-9(17)6-5(3-15)4-16-8(7(6)14)19-10(11,12)13/h4H,2-3,15H2,1H3. The number of rotatable bonds is 4. The molecule has 0 unspecified atom stereocenters. The minimum absolute atomic E-state index is 0.0521. The highest BCUT2D eigenvalue weighted by Crippen LogP contribution is 2.29. The summed E-state index contributed by atoms with van der Waals surface area (Å²) in [5, 5.41) is 0. The zero-order valence-corrected chi connectivity index (χ0v) is 11.9. The van der Waals surface area contributed by atoms with Gasteiger partial charge in [0.1, 0.15) is 0 Å². The molecule has 9 heteroatoms. The molecular formula is C10H10F3IN2O3. The Bertz CT molecular complexity index is 480. The molecule has 1 heterocycles. The van der Waals surface area contributed by atoms with Crippen molar-refractivity contribution in [3.63, 3.8) is 0 Å². The van der Waals surface area contributed by atoms with Gasteiger partial charge in [-0.2, -0.15) is 0 Å². The van der Waals surface area contributed by atoms with E-state index in [1.54, 1.807) is 29.5 Å². The van der Waals surface area contributed by atoms with Gasteiger partial charge in [0.25, 0.3) is 0 Å². The molecule has 1 rings (SSSR count). The molecule has 0 fully saturated rings. The number of carbonyl (C=O) groups is 1. The molecular weight excluding hydrogens is 380 g/mol. The molecule has 0 aliphatic heterocycles. The molecule has 0 radical (unpaired) electrons. The number of esters is 1. The third-order valence-corrected chi connectivity index (χ3v) is 2.98. The second kappa shape index (κ2) is 6.37. The molecule has 0 spiro atoms. The first-order chi connectivity index (χ1) is 8.80. The van der Waals surface area contributed by atoms with Crippen LogP contribution in [0.15, 0.2) is 6.20 Å². The van der Waals surface area contributed by atoms with E-state index in [-0.39, 0.29) is 27.8 Å². The third-order valence-electron chi connectivity index (χ3n) is 1.98. The van der Waals surface area contributed by atoms with E-state index in [1.165, 1.54) is 0 Å². The Morgan fingerprint density at radius 3 is 2.63 bits per heavy atom. The number of carbonyl (C=O) groups excluding carboxylic acids is 1. The van der Waals surface area contributed by atoms with Crippen LogP contribution in [0.1, 0.15) is 22.8 Å². The summed E-state index contributed by atoms with van der Waals surface area (Å²) in [5.41, 5.74) is 5.65. The Labute approximate surface area is 120 Å². The van der Waals surface area contributed by atoms with Crippen LogP contribution >= 0.6 is 22.6 Å². The van der Waals surface area contributed by atoms with Gasteiger partial charge in [0.15, 0.2) is 0 Å². The molecule has 2 N–H and O–H groups in total. The van der Waals surface area contributed by atoms with Crippen LogP contribution in [0.2, 0.25) is 0 Å². The molecule has 0 aliphatic carbocycles. The number of hydrogen-bond donors (Lipinski definition) is 1. The molecule has 0 bridgehead atoms. The number of alkyl halides is 3. The van der Waals surface area contributed by atoms with E-state index in [9.17, 15) is 18.0 Å². The molecule has 0 atom stereocenters. The van der Waals surface area contributed by atoms with Crippen LogP contribution in [0.5, 0.6) is 5.88 Å². The number of aromatic nitrogens is 1. The lowest BCUT2D eigenvalue weighted by molar-refractivity contribution is -0.276. The Balaban J connectivity index is 3.25. The van der Waals surface area contributed by atoms with Gasteiger partial charge in [-0.1, -0.05) is 0 Å². The topological polar surface area (TPSA) is 74.4 Å². The fourth-order valence-electron chi connectivity index (χ4n) is 1.27. The van der Waals surface area contributed by atoms with Gasteiger partial charge in [-0.15, -0.1) is 13.2 Å². The summed E-state index contributed by atoms with van der Waals surface area (Å²) in [7, 11) is 0. The van der Waals surface area contributed by atoms with Gasteiger partial charge in [-0.3, -0.25) is 0 Å². The Morgan fingerprint density at radius 1 is 1.53 bits per heavy atom. The lowest BCUT2D eigenvalue weighted by atomic mass is 10.1. The zero-order valence-electron chi connectivity index (χ0n) is 9.75. The monoisotopic (exact) mass is 390 g/mol. The first-order valence-corrected chi connectivity index (χ1v) is 6.18. The minimum atomic E-state index is -4.89. The van der Waals surface area contributed by atoms with Crippen molar-refractivity contribution in [2.75, 3.05) is 6.61 Å². The summed E-state index contributed by atoms with van der Waals surface area (Å²) in [6, 6.07) is 0. The maximum atomic E-state index is 12.2. The fraction of sp³-hybridized carbons (Fsp3) is 0.400. The average Bonchev–Trinajstić information content (AvgIpc) is 2.30. The first kappa shape index (κ1) is 16.0. The molecule has 106 valence electrons. The van der Waals surface area contributed by atoms with Crippen LogP contribution in [-0.4, -0.2) is 23.9 Å². The van der Waals surface area contributed by atoms with Crippen molar-refractivity contribution < 1.29 is 27.4 Å². The van der Waals surface area contributed by atoms with Crippen LogP contribution in [0.25, 0.3) is 0 Å². The lowest BCUT2D eigenvalue weighted by Crippen LogP contribution is -2.21. The maximum absolute atomic E-state index is 12.2. The number of halogens is 4. The Kier molecular flexibility index (Phi) is 5.35. The van der Waals surface area contributed by atoms with Crippen molar-refractivity contribution in [1.29, 1.82) is 0 Å². The predicted molar refractivity (Wildman–Crippen MR) is 67.5 cm³/mol. The summed E-state index contributed by atoms with van der Waals surface area (Å²) >= 11 is 1.54. The van der Waals surface area contributed by atoms with E-state index in [0.717, 1.165) is 6.20 Å². The van der Waals surface area contributed by atoms with E-state index in [2.05, 4.69) is 9.72 Å². The highest BCUT2D eigenvalue weighted by atomic mass is 127. The zero-order chi connectivity index (χ0) is 14.6. The van der Waals surface area contributed by atoms with Crippen molar-refractivity contribution in [3.05, 3.63) is 20.9 Å². The molecule has 19 heavy (non-hydrogen) atoms. The molecule has 0 aliphatic rings. The van der Waals surface area contributed by atoms with E-state index in [4.69, 9.17) is 10.5 Å². The van der Waals surface area contributed by atoms with Crippen LogP contribution in [0, 0.1) is 3.57 Å². The quantitative estimate of drug-likeness (QED) is 0.631. The summed E-state index contributed by atoms with van der Waals surface area (Å²) in [4.78, 5) is 15.2. The third kappa shape index (κ3) is 4.20. The highest BCUT2D eigenvalue weighted by Gasteiger charge is 2.34. The smallest absolute Gasteiger partial charge is 0.462 e. The lowest BCUT2D eigenvalue weighted by Gasteiger charge is -2.14. The largest absolute Gasteiger partial charge is 0.574 e. The number of ether oxygens (including phenoxy) is 2. The SMILES string of the molecule is CCOC(=O)c1c(CN)cnc(OC(F)(F)F)c1I. The van der Waals surface area contributed by atoms with Crippen molar-refractivity contribution in [2.45, 2.75) is 19.8 Å².